The van der Waals surface area contributed by atoms with Crippen LogP contribution in [0.1, 0.15) is 25.3 Å². The van der Waals surface area contributed by atoms with E-state index < -0.39 is 0 Å². The highest BCUT2D eigenvalue weighted by Crippen LogP contribution is 2.50. The lowest BCUT2D eigenvalue weighted by Gasteiger charge is -2.25. The summed E-state index contributed by atoms with van der Waals surface area (Å²) in [5, 5.41) is 3.26. The molecule has 0 bridgehead atoms. The molecule has 62 valence electrons. The predicted octanol–water partition coefficient (Wildman–Crippen LogP) is 1.82. The maximum absolute atomic E-state index is 7.96. The molecule has 1 saturated carbocycles. The molecule has 1 atom stereocenters. The molecule has 1 aliphatic heterocycles. The van der Waals surface area contributed by atoms with Gasteiger partial charge in [-0.2, -0.15) is 0 Å². The maximum atomic E-state index is 7.96. The smallest absolute Gasteiger partial charge is 0.0437 e. The Labute approximate surface area is 74.2 Å². The molecule has 1 heterocycles. The van der Waals surface area contributed by atoms with Gasteiger partial charge in [0.25, 0.3) is 0 Å². The highest BCUT2D eigenvalue weighted by atomic mass is 14.9. The Morgan fingerprint density at radius 2 is 2.17 bits per heavy atom. The molecule has 12 heavy (non-hydrogen) atoms. The number of hydrogen-bond acceptors (Lipinski definition) is 1. The van der Waals surface area contributed by atoms with Crippen LogP contribution in [-0.4, -0.2) is 6.52 Å². The molecule has 1 nitrogen and oxygen atoms in total. The van der Waals surface area contributed by atoms with Gasteiger partial charge in [0.1, 0.15) is 0 Å². The third-order valence-corrected chi connectivity index (χ3v) is 3.01. The minimum atomic E-state index is -0.0811. The highest BCUT2D eigenvalue weighted by molar-refractivity contribution is 5.40. The third kappa shape index (κ3) is 0.774. The second-order valence-electron chi connectivity index (χ2n) is 3.84. The Hall–Kier alpha value is -0.820. The monoisotopic (exact) mass is 160 g/mol. The van der Waals surface area contributed by atoms with Crippen molar-refractivity contribution in [3.8, 4) is 0 Å². The van der Waals surface area contributed by atoms with E-state index in [-0.39, 0.29) is 11.9 Å². The van der Waals surface area contributed by atoms with Crippen molar-refractivity contribution in [3.63, 3.8) is 0 Å². The van der Waals surface area contributed by atoms with Crippen LogP contribution < -0.4 is 5.32 Å². The maximum Gasteiger partial charge on any atom is 0.0437 e. The lowest BCUT2D eigenvalue weighted by atomic mass is 9.88. The molecule has 0 amide bonds. The van der Waals surface area contributed by atoms with Gasteiger partial charge in [-0.05, 0) is 24.0 Å². The molecule has 1 unspecified atom stereocenters. The summed E-state index contributed by atoms with van der Waals surface area (Å²) in [7, 11) is 0. The van der Waals surface area contributed by atoms with Crippen molar-refractivity contribution in [2.24, 2.45) is 0 Å². The van der Waals surface area contributed by atoms with Crippen LogP contribution in [0.15, 0.2) is 24.3 Å². The van der Waals surface area contributed by atoms with Crippen LogP contribution in [0, 0.1) is 0 Å². The second-order valence-corrected chi connectivity index (χ2v) is 3.84. The molecule has 1 N–H and O–H groups in total. The van der Waals surface area contributed by atoms with Crippen molar-refractivity contribution in [3.05, 3.63) is 35.4 Å². The summed E-state index contributed by atoms with van der Waals surface area (Å²) >= 11 is 0. The molecule has 2 aliphatic rings. The Kier molecular flexibility index (Phi) is 1.01. The molecular formula is C11H13N. The minimum absolute atomic E-state index is 0.0811. The van der Waals surface area contributed by atoms with Crippen molar-refractivity contribution < 1.29 is 1.37 Å². The van der Waals surface area contributed by atoms with E-state index in [2.05, 4.69) is 29.6 Å². The predicted molar refractivity (Wildman–Crippen MR) is 49.1 cm³/mol. The van der Waals surface area contributed by atoms with E-state index in [1.807, 2.05) is 0 Å². The zero-order valence-corrected chi connectivity index (χ0v) is 7.01. The Morgan fingerprint density at radius 3 is 3.00 bits per heavy atom. The summed E-state index contributed by atoms with van der Waals surface area (Å²) in [4.78, 5) is 0. The largest absolute Gasteiger partial charge is 0.312 e. The number of fused-ring (bicyclic) bond motifs is 2. The number of nitrogens with one attached hydrogen (secondary N) is 1. The standard InChI is InChI=1S/C11H13N/c1-2-4-10-9(3-1)7-12-8-11(10)5-6-11/h1-4,12H,5-8H2/i8D. The van der Waals surface area contributed by atoms with Gasteiger partial charge in [0, 0.05) is 19.9 Å². The van der Waals surface area contributed by atoms with Crippen LogP contribution >= 0.6 is 0 Å². The molecular weight excluding hydrogens is 146 g/mol. The third-order valence-electron chi connectivity index (χ3n) is 3.01. The minimum Gasteiger partial charge on any atom is -0.312 e. The fourth-order valence-corrected chi connectivity index (χ4v) is 2.14. The fraction of sp³-hybridized carbons (Fsp3) is 0.455. The first-order valence-corrected chi connectivity index (χ1v) is 4.57. The van der Waals surface area contributed by atoms with Gasteiger partial charge < -0.3 is 5.32 Å². The van der Waals surface area contributed by atoms with Crippen LogP contribution in [0.2, 0.25) is 0 Å². The van der Waals surface area contributed by atoms with E-state index in [1.165, 1.54) is 24.0 Å². The quantitative estimate of drug-likeness (QED) is 0.610. The van der Waals surface area contributed by atoms with E-state index in [4.69, 9.17) is 1.37 Å². The molecule has 1 aromatic rings. The average molecular weight is 160 g/mol. The molecule has 1 aromatic carbocycles. The van der Waals surface area contributed by atoms with Crippen LogP contribution in [0.25, 0.3) is 0 Å². The van der Waals surface area contributed by atoms with Gasteiger partial charge in [-0.1, -0.05) is 24.3 Å². The van der Waals surface area contributed by atoms with Gasteiger partial charge in [0.2, 0.25) is 0 Å². The summed E-state index contributed by atoms with van der Waals surface area (Å²) in [6.07, 6.45) is 2.37. The Balaban J connectivity index is 2.15. The summed E-state index contributed by atoms with van der Waals surface area (Å²) in [6.45, 7) is 0.786. The average Bonchev–Trinajstić information content (AvgIpc) is 2.94. The van der Waals surface area contributed by atoms with Crippen molar-refractivity contribution in [2.45, 2.75) is 24.8 Å². The Morgan fingerprint density at radius 1 is 1.33 bits per heavy atom. The first-order valence-electron chi connectivity index (χ1n) is 5.15. The molecule has 0 aromatic heterocycles. The second kappa shape index (κ2) is 2.11. The zero-order chi connectivity index (χ0) is 8.89. The van der Waals surface area contributed by atoms with Crippen molar-refractivity contribution in [1.82, 2.24) is 5.32 Å². The molecule has 1 fully saturated rings. The SMILES string of the molecule is [2H]C1NCc2ccccc2C12CC2. The van der Waals surface area contributed by atoms with Crippen molar-refractivity contribution in [1.29, 1.82) is 0 Å². The molecule has 0 saturated heterocycles. The van der Waals surface area contributed by atoms with Crippen molar-refractivity contribution in [2.75, 3.05) is 6.52 Å². The zero-order valence-electron chi connectivity index (χ0n) is 8.01. The van der Waals surface area contributed by atoms with Crippen LogP contribution in [0.3, 0.4) is 0 Å². The highest BCUT2D eigenvalue weighted by Gasteiger charge is 2.46. The van der Waals surface area contributed by atoms with E-state index in [0.717, 1.165) is 6.54 Å². The molecule has 0 radical (unpaired) electrons. The Bertz CT molecular complexity index is 344. The van der Waals surface area contributed by atoms with Crippen molar-refractivity contribution >= 4 is 0 Å². The summed E-state index contributed by atoms with van der Waals surface area (Å²) in [5.74, 6) is 0. The normalized spacial score (nSPS) is 31.0. The van der Waals surface area contributed by atoms with E-state index in [1.54, 1.807) is 0 Å². The number of rotatable bonds is 0. The summed E-state index contributed by atoms with van der Waals surface area (Å²) in [6, 6.07) is 8.55. The fourth-order valence-electron chi connectivity index (χ4n) is 2.14. The summed E-state index contributed by atoms with van der Waals surface area (Å²) in [5.41, 5.74) is 2.99. The van der Waals surface area contributed by atoms with Crippen LogP contribution in [-0.2, 0) is 12.0 Å². The van der Waals surface area contributed by atoms with Gasteiger partial charge in [-0.3, -0.25) is 0 Å². The van der Waals surface area contributed by atoms with E-state index in [9.17, 15) is 0 Å². The topological polar surface area (TPSA) is 12.0 Å². The van der Waals surface area contributed by atoms with Gasteiger partial charge in [0.05, 0.1) is 0 Å². The first kappa shape index (κ1) is 5.76. The molecule has 1 spiro atoms. The van der Waals surface area contributed by atoms with Crippen LogP contribution in [0.4, 0.5) is 0 Å². The molecule has 3 rings (SSSR count). The molecule has 1 heteroatoms. The lowest BCUT2D eigenvalue weighted by Crippen LogP contribution is -2.33. The lowest BCUT2D eigenvalue weighted by molar-refractivity contribution is 0.531. The van der Waals surface area contributed by atoms with Crippen LogP contribution in [0.5, 0.6) is 0 Å². The van der Waals surface area contributed by atoms with E-state index in [0.29, 0.717) is 0 Å². The first-order chi connectivity index (χ1) is 6.33. The van der Waals surface area contributed by atoms with Gasteiger partial charge in [0.15, 0.2) is 0 Å². The van der Waals surface area contributed by atoms with Gasteiger partial charge in [-0.15, -0.1) is 0 Å². The van der Waals surface area contributed by atoms with Gasteiger partial charge >= 0.3 is 0 Å². The molecule has 1 aliphatic carbocycles. The number of hydrogen-bond donors (Lipinski definition) is 1. The van der Waals surface area contributed by atoms with Gasteiger partial charge in [-0.25, -0.2) is 0 Å². The van der Waals surface area contributed by atoms with E-state index >= 15 is 0 Å². The number of benzene rings is 1. The summed E-state index contributed by atoms with van der Waals surface area (Å²) < 4.78 is 7.96.